The van der Waals surface area contributed by atoms with Crippen LogP contribution in [0.15, 0.2) is 18.2 Å². The molecule has 0 unspecified atom stereocenters. The molecule has 0 atom stereocenters. The Bertz CT molecular complexity index is 497. The van der Waals surface area contributed by atoms with E-state index in [9.17, 15) is 4.79 Å². The molecule has 1 aromatic rings. The largest absolute Gasteiger partial charge is 0.322 e. The van der Waals surface area contributed by atoms with E-state index in [4.69, 9.17) is 28.5 Å². The van der Waals surface area contributed by atoms with Crippen molar-refractivity contribution in [1.82, 2.24) is 4.90 Å². The highest BCUT2D eigenvalue weighted by Crippen LogP contribution is 2.25. The normalized spacial score (nSPS) is 10.1. The van der Waals surface area contributed by atoms with Crippen LogP contribution >= 0.6 is 23.2 Å². The molecule has 0 aliphatic carbocycles. The number of nitrogens with zero attached hydrogens (tertiary/aromatic N) is 2. The summed E-state index contributed by atoms with van der Waals surface area (Å²) in [6.07, 6.45) is 0.287. The lowest BCUT2D eigenvalue weighted by molar-refractivity contribution is 0.198. The van der Waals surface area contributed by atoms with Gasteiger partial charge in [-0.25, -0.2) is 4.79 Å². The number of halogens is 2. The summed E-state index contributed by atoms with van der Waals surface area (Å²) in [6, 6.07) is 6.57. The molecule has 0 aliphatic rings. The van der Waals surface area contributed by atoms with Gasteiger partial charge >= 0.3 is 6.03 Å². The van der Waals surface area contributed by atoms with E-state index in [-0.39, 0.29) is 18.5 Å². The minimum Gasteiger partial charge on any atom is -0.321 e. The van der Waals surface area contributed by atoms with Crippen LogP contribution in [0.5, 0.6) is 0 Å². The van der Waals surface area contributed by atoms with Gasteiger partial charge < -0.3 is 10.2 Å². The predicted octanol–water partition coefficient (Wildman–Crippen LogP) is 4.15. The average molecular weight is 300 g/mol. The van der Waals surface area contributed by atoms with E-state index >= 15 is 0 Å². The van der Waals surface area contributed by atoms with Gasteiger partial charge in [-0.3, -0.25) is 0 Å². The third-order valence-corrected chi connectivity index (χ3v) is 3.08. The zero-order chi connectivity index (χ0) is 14.4. The first kappa shape index (κ1) is 15.6. The first-order valence-electron chi connectivity index (χ1n) is 5.85. The van der Waals surface area contributed by atoms with Gasteiger partial charge in [-0.2, -0.15) is 5.26 Å². The number of benzene rings is 1. The molecule has 6 heteroatoms. The Labute approximate surface area is 122 Å². The molecule has 2 amide bonds. The first-order valence-corrected chi connectivity index (χ1v) is 6.61. The van der Waals surface area contributed by atoms with Crippen LogP contribution in [0.3, 0.4) is 0 Å². The Hall–Kier alpha value is -1.44. The molecule has 1 aromatic carbocycles. The highest BCUT2D eigenvalue weighted by molar-refractivity contribution is 6.35. The maximum absolute atomic E-state index is 12.1. The average Bonchev–Trinajstić information content (AvgIpc) is 2.34. The molecule has 102 valence electrons. The number of nitriles is 1. The van der Waals surface area contributed by atoms with E-state index < -0.39 is 0 Å². The van der Waals surface area contributed by atoms with Gasteiger partial charge in [0.25, 0.3) is 0 Å². The van der Waals surface area contributed by atoms with E-state index in [1.807, 2.05) is 19.9 Å². The molecule has 0 fully saturated rings. The molecule has 0 aliphatic heterocycles. The molecule has 0 radical (unpaired) electrons. The summed E-state index contributed by atoms with van der Waals surface area (Å²) in [7, 11) is 0. The fourth-order valence-electron chi connectivity index (χ4n) is 1.54. The number of amides is 2. The number of hydrogen-bond acceptors (Lipinski definition) is 2. The molecule has 4 nitrogen and oxygen atoms in total. The van der Waals surface area contributed by atoms with Gasteiger partial charge in [-0.05, 0) is 32.0 Å². The third-order valence-electron chi connectivity index (χ3n) is 2.52. The van der Waals surface area contributed by atoms with Crippen molar-refractivity contribution in [2.45, 2.75) is 26.3 Å². The second-order valence-corrected chi connectivity index (χ2v) is 5.09. The second-order valence-electron chi connectivity index (χ2n) is 4.25. The van der Waals surface area contributed by atoms with Crippen molar-refractivity contribution in [3.05, 3.63) is 28.2 Å². The highest BCUT2D eigenvalue weighted by atomic mass is 35.5. The van der Waals surface area contributed by atoms with Crippen molar-refractivity contribution >= 4 is 34.9 Å². The standard InChI is InChI=1S/C13H15Cl2N3O/c1-9(2)18(7-3-6-16)13(19)17-12-8-10(14)4-5-11(12)15/h4-5,8-9H,3,7H2,1-2H3,(H,17,19). The molecule has 19 heavy (non-hydrogen) atoms. The van der Waals surface area contributed by atoms with Crippen LogP contribution in [0.1, 0.15) is 20.3 Å². The topological polar surface area (TPSA) is 56.1 Å². The van der Waals surface area contributed by atoms with Crippen LogP contribution in [0.2, 0.25) is 10.0 Å². The minimum absolute atomic E-state index is 0.00805. The first-order chi connectivity index (χ1) is 8.95. The van der Waals surface area contributed by atoms with Crippen LogP contribution in [-0.2, 0) is 0 Å². The summed E-state index contributed by atoms with van der Waals surface area (Å²) in [6.45, 7) is 4.14. The van der Waals surface area contributed by atoms with Crippen molar-refractivity contribution in [2.24, 2.45) is 0 Å². The number of nitrogens with one attached hydrogen (secondary N) is 1. The molecule has 1 rings (SSSR count). The Kier molecular flexibility index (Phi) is 5.94. The molecular formula is C13H15Cl2N3O. The van der Waals surface area contributed by atoms with Crippen LogP contribution in [-0.4, -0.2) is 23.5 Å². The molecule has 0 bridgehead atoms. The smallest absolute Gasteiger partial charge is 0.321 e. The van der Waals surface area contributed by atoms with E-state index in [0.29, 0.717) is 22.3 Å². The third kappa shape index (κ3) is 4.62. The number of anilines is 1. The fraction of sp³-hybridized carbons (Fsp3) is 0.385. The maximum Gasteiger partial charge on any atom is 0.322 e. The fourth-order valence-corrected chi connectivity index (χ4v) is 1.88. The summed E-state index contributed by atoms with van der Waals surface area (Å²) in [4.78, 5) is 13.7. The van der Waals surface area contributed by atoms with E-state index in [0.717, 1.165) is 0 Å². The van der Waals surface area contributed by atoms with E-state index in [1.165, 1.54) is 0 Å². The van der Waals surface area contributed by atoms with Crippen molar-refractivity contribution in [3.8, 4) is 6.07 Å². The van der Waals surface area contributed by atoms with Crippen molar-refractivity contribution in [1.29, 1.82) is 5.26 Å². The van der Waals surface area contributed by atoms with Gasteiger partial charge in [-0.15, -0.1) is 0 Å². The van der Waals surface area contributed by atoms with E-state index in [1.54, 1.807) is 23.1 Å². The summed E-state index contributed by atoms with van der Waals surface area (Å²) in [5, 5.41) is 12.2. The predicted molar refractivity (Wildman–Crippen MR) is 77.6 cm³/mol. The van der Waals surface area contributed by atoms with Gasteiger partial charge in [0.2, 0.25) is 0 Å². The van der Waals surface area contributed by atoms with Crippen LogP contribution in [0, 0.1) is 11.3 Å². The Balaban J connectivity index is 2.81. The van der Waals surface area contributed by atoms with Crippen molar-refractivity contribution < 1.29 is 4.79 Å². The Morgan fingerprint density at radius 1 is 1.47 bits per heavy atom. The van der Waals surface area contributed by atoms with Crippen LogP contribution in [0.4, 0.5) is 10.5 Å². The number of rotatable bonds is 4. The number of carbonyl (C=O) groups is 1. The van der Waals surface area contributed by atoms with Crippen molar-refractivity contribution in [3.63, 3.8) is 0 Å². The van der Waals surface area contributed by atoms with Gasteiger partial charge in [0.15, 0.2) is 0 Å². The molecule has 0 aromatic heterocycles. The molecule has 0 heterocycles. The lowest BCUT2D eigenvalue weighted by Gasteiger charge is -2.26. The monoisotopic (exact) mass is 299 g/mol. The highest BCUT2D eigenvalue weighted by Gasteiger charge is 2.17. The lowest BCUT2D eigenvalue weighted by atomic mass is 10.3. The van der Waals surface area contributed by atoms with Crippen LogP contribution < -0.4 is 5.32 Å². The summed E-state index contributed by atoms with van der Waals surface area (Å²) < 4.78 is 0. The summed E-state index contributed by atoms with van der Waals surface area (Å²) in [5.74, 6) is 0. The van der Waals surface area contributed by atoms with Gasteiger partial charge in [0, 0.05) is 17.6 Å². The zero-order valence-electron chi connectivity index (χ0n) is 10.8. The summed E-state index contributed by atoms with van der Waals surface area (Å²) >= 11 is 11.8. The molecule has 0 saturated carbocycles. The Morgan fingerprint density at radius 2 is 2.16 bits per heavy atom. The van der Waals surface area contributed by atoms with Crippen LogP contribution in [0.25, 0.3) is 0 Å². The van der Waals surface area contributed by atoms with Gasteiger partial charge in [-0.1, -0.05) is 23.2 Å². The van der Waals surface area contributed by atoms with Gasteiger partial charge in [0.05, 0.1) is 23.2 Å². The second kappa shape index (κ2) is 7.22. The minimum atomic E-state index is -0.297. The Morgan fingerprint density at radius 3 is 2.74 bits per heavy atom. The quantitative estimate of drug-likeness (QED) is 0.908. The molecule has 0 spiro atoms. The number of urea groups is 1. The van der Waals surface area contributed by atoms with Gasteiger partial charge in [0.1, 0.15) is 0 Å². The van der Waals surface area contributed by atoms with E-state index in [2.05, 4.69) is 5.32 Å². The van der Waals surface area contributed by atoms with Crippen molar-refractivity contribution in [2.75, 3.05) is 11.9 Å². The molecule has 1 N–H and O–H groups in total. The maximum atomic E-state index is 12.1. The summed E-state index contributed by atoms with van der Waals surface area (Å²) in [5.41, 5.74) is 0.460. The number of carbonyl (C=O) groups excluding carboxylic acids is 1. The lowest BCUT2D eigenvalue weighted by Crippen LogP contribution is -2.40. The number of hydrogen-bond donors (Lipinski definition) is 1. The SMILES string of the molecule is CC(C)N(CCC#N)C(=O)Nc1cc(Cl)ccc1Cl. The zero-order valence-corrected chi connectivity index (χ0v) is 12.3. The molecular weight excluding hydrogens is 285 g/mol. The molecule has 0 saturated heterocycles.